The molecular formula is C23H23N3O7S. The van der Waals surface area contributed by atoms with Crippen LogP contribution in [0, 0.1) is 11.3 Å². The number of carbonyl (C=O) groups is 2. The molecule has 0 bridgehead atoms. The number of carbonyl (C=O) groups excluding carboxylic acids is 2. The lowest BCUT2D eigenvalue weighted by molar-refractivity contribution is -0.156. The summed E-state index contributed by atoms with van der Waals surface area (Å²) >= 11 is 0. The van der Waals surface area contributed by atoms with Crippen molar-refractivity contribution in [3.63, 3.8) is 0 Å². The van der Waals surface area contributed by atoms with E-state index in [2.05, 4.69) is 5.32 Å². The van der Waals surface area contributed by atoms with E-state index >= 15 is 0 Å². The maximum atomic E-state index is 13.3. The Balaban J connectivity index is 1.43. The molecule has 2 aliphatic heterocycles. The third-order valence-corrected chi connectivity index (χ3v) is 7.44. The highest BCUT2D eigenvalue weighted by Crippen LogP contribution is 2.35. The lowest BCUT2D eigenvalue weighted by atomic mass is 10.2. The number of rotatable bonds is 6. The van der Waals surface area contributed by atoms with Gasteiger partial charge in [-0.25, -0.2) is 8.42 Å². The number of nitrogens with zero attached hydrogens (tertiary/aromatic N) is 2. The van der Waals surface area contributed by atoms with Gasteiger partial charge in [-0.15, -0.1) is 0 Å². The lowest BCUT2D eigenvalue weighted by Crippen LogP contribution is -2.43. The van der Waals surface area contributed by atoms with E-state index in [9.17, 15) is 18.0 Å². The minimum absolute atomic E-state index is 0.0111. The van der Waals surface area contributed by atoms with Gasteiger partial charge in [0.05, 0.1) is 16.5 Å². The highest BCUT2D eigenvalue weighted by Gasteiger charge is 2.41. The van der Waals surface area contributed by atoms with Gasteiger partial charge in [-0.1, -0.05) is 0 Å². The number of anilines is 1. The molecule has 2 aliphatic rings. The van der Waals surface area contributed by atoms with Crippen molar-refractivity contribution in [2.24, 2.45) is 0 Å². The summed E-state index contributed by atoms with van der Waals surface area (Å²) in [7, 11) is -4.01. The van der Waals surface area contributed by atoms with Gasteiger partial charge in [0.2, 0.25) is 10.0 Å². The molecule has 0 radical (unpaired) electrons. The van der Waals surface area contributed by atoms with E-state index < -0.39 is 34.0 Å². The molecule has 4 rings (SSSR count). The second-order valence-corrected chi connectivity index (χ2v) is 9.73. The number of esters is 1. The molecule has 0 aromatic heterocycles. The standard InChI is InChI=1S/C23H23N3O7S/c1-15(22(27)25-17-6-4-16(14-24)5-7-17)33-23(28)19-3-2-10-26(19)34(29,30)18-8-9-20-21(13-18)32-12-11-31-20/h4-9,13,15,19H,2-3,10-12H2,1H3,(H,25,27)/t15-,19-/m1/s1. The van der Waals surface area contributed by atoms with Gasteiger partial charge in [0.1, 0.15) is 19.3 Å². The Kier molecular flexibility index (Phi) is 6.72. The van der Waals surface area contributed by atoms with Crippen LogP contribution in [0.1, 0.15) is 25.3 Å². The van der Waals surface area contributed by atoms with Gasteiger partial charge in [0, 0.05) is 18.3 Å². The van der Waals surface area contributed by atoms with Crippen LogP contribution in [0.25, 0.3) is 0 Å². The van der Waals surface area contributed by atoms with Gasteiger partial charge < -0.3 is 19.5 Å². The molecular weight excluding hydrogens is 462 g/mol. The van der Waals surface area contributed by atoms with Gasteiger partial charge in [-0.2, -0.15) is 9.57 Å². The Morgan fingerprint density at radius 2 is 1.85 bits per heavy atom. The zero-order valence-corrected chi connectivity index (χ0v) is 19.2. The van der Waals surface area contributed by atoms with Crippen LogP contribution < -0.4 is 14.8 Å². The number of nitrogens with one attached hydrogen (secondary N) is 1. The molecule has 178 valence electrons. The summed E-state index contributed by atoms with van der Waals surface area (Å²) in [5.74, 6) is -0.568. The molecule has 0 spiro atoms. The lowest BCUT2D eigenvalue weighted by Gasteiger charge is -2.25. The van der Waals surface area contributed by atoms with Crippen molar-refractivity contribution in [1.82, 2.24) is 4.31 Å². The van der Waals surface area contributed by atoms with Crippen molar-refractivity contribution < 1.29 is 32.2 Å². The number of fused-ring (bicyclic) bond motifs is 1. The van der Waals surface area contributed by atoms with E-state index in [4.69, 9.17) is 19.5 Å². The minimum atomic E-state index is -4.01. The van der Waals surface area contributed by atoms with Crippen molar-refractivity contribution >= 4 is 27.6 Å². The van der Waals surface area contributed by atoms with Crippen LogP contribution >= 0.6 is 0 Å². The zero-order chi connectivity index (χ0) is 24.3. The maximum absolute atomic E-state index is 13.3. The van der Waals surface area contributed by atoms with Crippen LogP contribution in [0.3, 0.4) is 0 Å². The Morgan fingerprint density at radius 3 is 2.56 bits per heavy atom. The average molecular weight is 486 g/mol. The van der Waals surface area contributed by atoms with Crippen LogP contribution in [0.4, 0.5) is 5.69 Å². The SMILES string of the molecule is C[C@@H](OC(=O)[C@H]1CCCN1S(=O)(=O)c1ccc2c(c1)OCCO2)C(=O)Nc1ccc(C#N)cc1. The number of sulfonamides is 1. The van der Waals surface area contributed by atoms with Crippen molar-refractivity contribution in [2.45, 2.75) is 36.8 Å². The molecule has 2 aromatic carbocycles. The Labute approximate surface area is 197 Å². The average Bonchev–Trinajstić information content (AvgIpc) is 3.35. The van der Waals surface area contributed by atoms with Gasteiger partial charge in [0.15, 0.2) is 17.6 Å². The number of amides is 1. The normalized spacial score (nSPS) is 18.5. The Hall–Kier alpha value is -3.62. The topological polar surface area (TPSA) is 135 Å². The van der Waals surface area contributed by atoms with E-state index in [1.165, 1.54) is 25.1 Å². The first kappa shape index (κ1) is 23.5. The third-order valence-electron chi connectivity index (χ3n) is 5.54. The van der Waals surface area contributed by atoms with Crippen LogP contribution in [-0.4, -0.2) is 56.5 Å². The monoisotopic (exact) mass is 485 g/mol. The fourth-order valence-electron chi connectivity index (χ4n) is 3.76. The molecule has 1 amide bonds. The molecule has 11 heteroatoms. The van der Waals surface area contributed by atoms with Gasteiger partial charge in [0.25, 0.3) is 5.91 Å². The van der Waals surface area contributed by atoms with Gasteiger partial charge in [-0.05, 0) is 56.2 Å². The van der Waals surface area contributed by atoms with Crippen LogP contribution in [0.15, 0.2) is 47.4 Å². The summed E-state index contributed by atoms with van der Waals surface area (Å²) in [5.41, 5.74) is 0.883. The fraction of sp³-hybridized carbons (Fsp3) is 0.348. The highest BCUT2D eigenvalue weighted by molar-refractivity contribution is 7.89. The van der Waals surface area contributed by atoms with E-state index in [1.54, 1.807) is 24.3 Å². The molecule has 34 heavy (non-hydrogen) atoms. The zero-order valence-electron chi connectivity index (χ0n) is 18.4. The van der Waals surface area contributed by atoms with E-state index in [-0.39, 0.29) is 17.9 Å². The summed E-state index contributed by atoms with van der Waals surface area (Å²) in [5, 5.41) is 11.5. The van der Waals surface area contributed by atoms with Crippen molar-refractivity contribution in [3.8, 4) is 17.6 Å². The summed E-state index contributed by atoms with van der Waals surface area (Å²) in [6.07, 6.45) is -0.385. The second-order valence-electron chi connectivity index (χ2n) is 7.84. The van der Waals surface area contributed by atoms with Gasteiger partial charge >= 0.3 is 5.97 Å². The van der Waals surface area contributed by atoms with E-state index in [1.807, 2.05) is 6.07 Å². The summed E-state index contributed by atoms with van der Waals surface area (Å²) < 4.78 is 43.9. The molecule has 2 heterocycles. The quantitative estimate of drug-likeness (QED) is 0.614. The van der Waals surface area contributed by atoms with E-state index in [0.717, 1.165) is 4.31 Å². The Morgan fingerprint density at radius 1 is 1.15 bits per heavy atom. The van der Waals surface area contributed by atoms with Gasteiger partial charge in [-0.3, -0.25) is 9.59 Å². The fourth-order valence-corrected chi connectivity index (χ4v) is 5.42. The molecule has 2 atom stereocenters. The van der Waals surface area contributed by atoms with Crippen LogP contribution in [0.5, 0.6) is 11.5 Å². The molecule has 1 N–H and O–H groups in total. The predicted molar refractivity (Wildman–Crippen MR) is 120 cm³/mol. The first-order valence-corrected chi connectivity index (χ1v) is 12.2. The third kappa shape index (κ3) is 4.83. The van der Waals surface area contributed by atoms with Crippen molar-refractivity contribution in [2.75, 3.05) is 25.1 Å². The summed E-state index contributed by atoms with van der Waals surface area (Å²) in [6, 6.07) is 11.5. The highest BCUT2D eigenvalue weighted by atomic mass is 32.2. The minimum Gasteiger partial charge on any atom is -0.486 e. The number of hydrogen-bond donors (Lipinski definition) is 1. The molecule has 10 nitrogen and oxygen atoms in total. The molecule has 0 aliphatic carbocycles. The van der Waals surface area contributed by atoms with Crippen LogP contribution in [-0.2, 0) is 24.3 Å². The summed E-state index contributed by atoms with van der Waals surface area (Å²) in [6.45, 7) is 2.27. The van der Waals surface area contributed by atoms with Crippen LogP contribution in [0.2, 0.25) is 0 Å². The second kappa shape index (κ2) is 9.70. The first-order valence-electron chi connectivity index (χ1n) is 10.7. The molecule has 2 aromatic rings. The van der Waals surface area contributed by atoms with Crippen molar-refractivity contribution in [3.05, 3.63) is 48.0 Å². The smallest absolute Gasteiger partial charge is 0.325 e. The van der Waals surface area contributed by atoms with Crippen molar-refractivity contribution in [1.29, 1.82) is 5.26 Å². The number of hydrogen-bond acceptors (Lipinski definition) is 8. The Bertz CT molecular complexity index is 1240. The molecule has 1 saturated heterocycles. The number of nitriles is 1. The maximum Gasteiger partial charge on any atom is 0.325 e. The number of benzene rings is 2. The first-order chi connectivity index (χ1) is 16.3. The largest absolute Gasteiger partial charge is 0.486 e. The molecule has 1 fully saturated rings. The summed E-state index contributed by atoms with van der Waals surface area (Å²) in [4.78, 5) is 25.3. The van der Waals surface area contributed by atoms with E-state index in [0.29, 0.717) is 42.4 Å². The molecule has 0 saturated carbocycles. The number of ether oxygens (including phenoxy) is 3. The molecule has 0 unspecified atom stereocenters. The predicted octanol–water partition coefficient (Wildman–Crippen LogP) is 2.05.